The van der Waals surface area contributed by atoms with Crippen molar-refractivity contribution >= 4 is 5.69 Å². The summed E-state index contributed by atoms with van der Waals surface area (Å²) in [6.07, 6.45) is 4.84. The largest absolute Gasteiger partial charge is 0.394 e. The van der Waals surface area contributed by atoms with Gasteiger partial charge in [0.1, 0.15) is 0 Å². The monoisotopic (exact) mass is 248 g/mol. The second kappa shape index (κ2) is 6.76. The first kappa shape index (κ1) is 13.4. The van der Waals surface area contributed by atoms with Crippen LogP contribution in [-0.2, 0) is 6.54 Å². The Bertz CT molecular complexity index is 367. The number of rotatable bonds is 4. The Morgan fingerprint density at radius 2 is 2.11 bits per heavy atom. The summed E-state index contributed by atoms with van der Waals surface area (Å²) in [6.45, 7) is 2.20. The summed E-state index contributed by atoms with van der Waals surface area (Å²) < 4.78 is 0. The van der Waals surface area contributed by atoms with E-state index in [-0.39, 0.29) is 12.6 Å². The van der Waals surface area contributed by atoms with Crippen molar-refractivity contribution in [2.24, 2.45) is 0 Å². The molecular formula is C15H24N2O. The maximum atomic E-state index is 9.61. The van der Waals surface area contributed by atoms with E-state index in [1.165, 1.54) is 30.5 Å². The van der Waals surface area contributed by atoms with E-state index in [0.29, 0.717) is 0 Å². The van der Waals surface area contributed by atoms with E-state index in [1.807, 2.05) is 7.05 Å². The molecule has 1 aromatic rings. The van der Waals surface area contributed by atoms with E-state index in [4.69, 9.17) is 0 Å². The molecule has 3 heteroatoms. The van der Waals surface area contributed by atoms with E-state index in [9.17, 15) is 5.11 Å². The first-order valence-electron chi connectivity index (χ1n) is 6.97. The van der Waals surface area contributed by atoms with Crippen molar-refractivity contribution in [3.8, 4) is 0 Å². The van der Waals surface area contributed by atoms with Crippen molar-refractivity contribution in [3.63, 3.8) is 0 Å². The fourth-order valence-corrected chi connectivity index (χ4v) is 2.82. The molecule has 1 atom stereocenters. The van der Waals surface area contributed by atoms with Gasteiger partial charge < -0.3 is 15.3 Å². The maximum absolute atomic E-state index is 9.61. The molecule has 1 saturated heterocycles. The Labute approximate surface area is 110 Å². The average molecular weight is 248 g/mol. The van der Waals surface area contributed by atoms with Crippen molar-refractivity contribution in [2.45, 2.75) is 38.3 Å². The molecule has 0 spiro atoms. The summed E-state index contributed by atoms with van der Waals surface area (Å²) >= 11 is 0. The van der Waals surface area contributed by atoms with Crippen molar-refractivity contribution in [3.05, 3.63) is 29.8 Å². The van der Waals surface area contributed by atoms with Gasteiger partial charge in [0.2, 0.25) is 0 Å². The normalized spacial score (nSPS) is 20.8. The van der Waals surface area contributed by atoms with Crippen LogP contribution in [0.2, 0.25) is 0 Å². The van der Waals surface area contributed by atoms with E-state index in [0.717, 1.165) is 19.5 Å². The second-order valence-electron chi connectivity index (χ2n) is 5.04. The number of para-hydroxylation sites is 1. The number of aliphatic hydroxyl groups is 1. The Morgan fingerprint density at radius 3 is 2.89 bits per heavy atom. The standard InChI is InChI=1S/C15H24N2O/c1-16-11-13-7-4-5-9-15(13)17-10-6-2-3-8-14(17)12-18/h4-5,7,9,14,16,18H,2-3,6,8,10-12H2,1H3. The topological polar surface area (TPSA) is 35.5 Å². The van der Waals surface area contributed by atoms with Crippen LogP contribution in [0.4, 0.5) is 5.69 Å². The van der Waals surface area contributed by atoms with Gasteiger partial charge in [0.15, 0.2) is 0 Å². The summed E-state index contributed by atoms with van der Waals surface area (Å²) in [5.41, 5.74) is 2.60. The van der Waals surface area contributed by atoms with Crippen molar-refractivity contribution in [2.75, 3.05) is 25.1 Å². The van der Waals surface area contributed by atoms with E-state index in [2.05, 4.69) is 34.5 Å². The Kier molecular flexibility index (Phi) is 5.02. The zero-order valence-corrected chi connectivity index (χ0v) is 11.2. The molecule has 18 heavy (non-hydrogen) atoms. The molecule has 0 saturated carbocycles. The molecule has 0 radical (unpaired) electrons. The van der Waals surface area contributed by atoms with Crippen LogP contribution in [0.5, 0.6) is 0 Å². The van der Waals surface area contributed by atoms with Gasteiger partial charge in [0, 0.05) is 18.8 Å². The lowest BCUT2D eigenvalue weighted by molar-refractivity contribution is 0.255. The number of nitrogens with zero attached hydrogens (tertiary/aromatic N) is 1. The van der Waals surface area contributed by atoms with Crippen LogP contribution in [0, 0.1) is 0 Å². The lowest BCUT2D eigenvalue weighted by atomic mass is 10.1. The molecule has 1 aliphatic heterocycles. The minimum Gasteiger partial charge on any atom is -0.394 e. The Hall–Kier alpha value is -1.06. The molecule has 1 fully saturated rings. The molecule has 100 valence electrons. The predicted octanol–water partition coefficient (Wildman–Crippen LogP) is 2.15. The molecule has 1 aliphatic rings. The van der Waals surface area contributed by atoms with Gasteiger partial charge in [-0.1, -0.05) is 31.0 Å². The fourth-order valence-electron chi connectivity index (χ4n) is 2.82. The Balaban J connectivity index is 2.26. The minimum absolute atomic E-state index is 0.258. The molecule has 1 aromatic carbocycles. The Morgan fingerprint density at radius 1 is 1.28 bits per heavy atom. The van der Waals surface area contributed by atoms with Gasteiger partial charge in [0.25, 0.3) is 0 Å². The van der Waals surface area contributed by atoms with Gasteiger partial charge in [-0.05, 0) is 31.5 Å². The quantitative estimate of drug-likeness (QED) is 0.857. The van der Waals surface area contributed by atoms with Gasteiger partial charge in [-0.15, -0.1) is 0 Å². The highest BCUT2D eigenvalue weighted by Gasteiger charge is 2.21. The predicted molar refractivity (Wildman–Crippen MR) is 75.9 cm³/mol. The van der Waals surface area contributed by atoms with Crippen LogP contribution in [0.25, 0.3) is 0 Å². The van der Waals surface area contributed by atoms with Crippen LogP contribution in [0.15, 0.2) is 24.3 Å². The van der Waals surface area contributed by atoms with Gasteiger partial charge in [-0.3, -0.25) is 0 Å². The molecule has 0 amide bonds. The molecule has 0 aromatic heterocycles. The number of hydrogen-bond acceptors (Lipinski definition) is 3. The summed E-state index contributed by atoms with van der Waals surface area (Å²) in [6, 6.07) is 8.81. The van der Waals surface area contributed by atoms with Crippen LogP contribution >= 0.6 is 0 Å². The van der Waals surface area contributed by atoms with Crippen LogP contribution in [-0.4, -0.2) is 31.3 Å². The number of benzene rings is 1. The number of anilines is 1. The summed E-state index contributed by atoms with van der Waals surface area (Å²) in [4.78, 5) is 2.40. The number of hydrogen-bond donors (Lipinski definition) is 2. The first-order chi connectivity index (χ1) is 8.86. The third-order valence-electron chi connectivity index (χ3n) is 3.76. The smallest absolute Gasteiger partial charge is 0.0635 e. The number of nitrogens with one attached hydrogen (secondary N) is 1. The molecular weight excluding hydrogens is 224 g/mol. The zero-order valence-electron chi connectivity index (χ0n) is 11.2. The molecule has 0 aliphatic carbocycles. The molecule has 1 heterocycles. The van der Waals surface area contributed by atoms with Gasteiger partial charge in [-0.25, -0.2) is 0 Å². The lowest BCUT2D eigenvalue weighted by Crippen LogP contribution is -2.38. The van der Waals surface area contributed by atoms with E-state index < -0.39 is 0 Å². The molecule has 2 rings (SSSR count). The second-order valence-corrected chi connectivity index (χ2v) is 5.04. The van der Waals surface area contributed by atoms with Crippen LogP contribution in [0.1, 0.15) is 31.2 Å². The van der Waals surface area contributed by atoms with Gasteiger partial charge in [0.05, 0.1) is 12.6 Å². The highest BCUT2D eigenvalue weighted by atomic mass is 16.3. The fraction of sp³-hybridized carbons (Fsp3) is 0.600. The van der Waals surface area contributed by atoms with Crippen LogP contribution < -0.4 is 10.2 Å². The summed E-state index contributed by atoms with van der Waals surface area (Å²) in [5.74, 6) is 0. The van der Waals surface area contributed by atoms with Crippen LogP contribution in [0.3, 0.4) is 0 Å². The highest BCUT2D eigenvalue weighted by Crippen LogP contribution is 2.27. The zero-order chi connectivity index (χ0) is 12.8. The summed E-state index contributed by atoms with van der Waals surface area (Å²) in [5, 5.41) is 12.8. The minimum atomic E-state index is 0.258. The maximum Gasteiger partial charge on any atom is 0.0635 e. The third kappa shape index (κ3) is 3.03. The van der Waals surface area contributed by atoms with Gasteiger partial charge >= 0.3 is 0 Å². The van der Waals surface area contributed by atoms with Crippen molar-refractivity contribution in [1.82, 2.24) is 5.32 Å². The van der Waals surface area contributed by atoms with Gasteiger partial charge in [-0.2, -0.15) is 0 Å². The van der Waals surface area contributed by atoms with E-state index in [1.54, 1.807) is 0 Å². The average Bonchev–Trinajstić information content (AvgIpc) is 2.65. The molecule has 0 bridgehead atoms. The number of aliphatic hydroxyl groups excluding tert-OH is 1. The van der Waals surface area contributed by atoms with E-state index >= 15 is 0 Å². The molecule has 1 unspecified atom stereocenters. The highest BCUT2D eigenvalue weighted by molar-refractivity contribution is 5.54. The van der Waals surface area contributed by atoms with Crippen molar-refractivity contribution in [1.29, 1.82) is 0 Å². The first-order valence-corrected chi connectivity index (χ1v) is 6.97. The molecule has 2 N–H and O–H groups in total. The third-order valence-corrected chi connectivity index (χ3v) is 3.76. The van der Waals surface area contributed by atoms with Crippen molar-refractivity contribution < 1.29 is 5.11 Å². The lowest BCUT2D eigenvalue weighted by Gasteiger charge is -2.32. The molecule has 3 nitrogen and oxygen atoms in total. The summed E-state index contributed by atoms with van der Waals surface area (Å²) in [7, 11) is 1.97. The SMILES string of the molecule is CNCc1ccccc1N1CCCCCC1CO.